The fraction of sp³-hybridized carbons (Fsp3) is 0.500. The Hall–Kier alpha value is -1.66. The first-order valence-electron chi connectivity index (χ1n) is 5.81. The van der Waals surface area contributed by atoms with Gasteiger partial charge in [0.1, 0.15) is 5.82 Å². The fourth-order valence-corrected chi connectivity index (χ4v) is 1.58. The Morgan fingerprint density at radius 3 is 2.61 bits per heavy atom. The zero-order valence-corrected chi connectivity index (χ0v) is 11.0. The lowest BCUT2D eigenvalue weighted by Gasteiger charge is -2.28. The summed E-state index contributed by atoms with van der Waals surface area (Å²) in [6, 6.07) is 3.28. The Labute approximate surface area is 107 Å². The Morgan fingerprint density at radius 2 is 2.22 bits per heavy atom. The molecular formula is C12H20N4O2. The van der Waals surface area contributed by atoms with E-state index in [0.717, 1.165) is 0 Å². The summed E-state index contributed by atoms with van der Waals surface area (Å²) in [6.45, 7) is 6.01. The minimum atomic E-state index is -0.919. The second-order valence-electron chi connectivity index (χ2n) is 4.71. The largest absolute Gasteiger partial charge is 0.389 e. The van der Waals surface area contributed by atoms with Gasteiger partial charge in [-0.05, 0) is 32.9 Å². The lowest BCUT2D eigenvalue weighted by Crippen LogP contribution is -2.42. The molecule has 0 fully saturated rings. The molecule has 1 aromatic heterocycles. The van der Waals surface area contributed by atoms with Gasteiger partial charge < -0.3 is 15.4 Å². The molecular weight excluding hydrogens is 232 g/mol. The first kappa shape index (κ1) is 14.4. The molecule has 0 aliphatic rings. The number of nitrogen functional groups attached to an aromatic ring is 1. The highest BCUT2D eigenvalue weighted by molar-refractivity contribution is 5.94. The molecule has 0 aliphatic heterocycles. The van der Waals surface area contributed by atoms with Crippen LogP contribution in [0, 0.1) is 0 Å². The van der Waals surface area contributed by atoms with Crippen molar-refractivity contribution >= 4 is 11.7 Å². The van der Waals surface area contributed by atoms with Crippen molar-refractivity contribution < 1.29 is 9.90 Å². The number of hydrogen-bond donors (Lipinski definition) is 3. The zero-order valence-electron chi connectivity index (χ0n) is 11.0. The fourth-order valence-electron chi connectivity index (χ4n) is 1.58. The molecule has 6 heteroatoms. The average molecular weight is 252 g/mol. The summed E-state index contributed by atoms with van der Waals surface area (Å²) in [4.78, 5) is 17.7. The summed E-state index contributed by atoms with van der Waals surface area (Å²) in [6.07, 6.45) is 1.46. The highest BCUT2D eigenvalue weighted by atomic mass is 16.3. The first-order chi connectivity index (χ1) is 8.37. The highest BCUT2D eigenvalue weighted by Crippen LogP contribution is 2.11. The number of likely N-dealkylation sites (N-methyl/N-ethyl adjacent to an activating group) is 1. The van der Waals surface area contributed by atoms with Gasteiger partial charge in [-0.3, -0.25) is 4.79 Å². The van der Waals surface area contributed by atoms with Crippen LogP contribution in [0.15, 0.2) is 18.3 Å². The summed E-state index contributed by atoms with van der Waals surface area (Å²) in [5.74, 6) is 5.54. The van der Waals surface area contributed by atoms with Crippen LogP contribution in [0.25, 0.3) is 0 Å². The number of nitrogens with two attached hydrogens (primary N) is 1. The Bertz CT molecular complexity index is 398. The van der Waals surface area contributed by atoms with Crippen molar-refractivity contribution in [1.82, 2.24) is 9.88 Å². The third kappa shape index (κ3) is 3.97. The van der Waals surface area contributed by atoms with Crippen molar-refractivity contribution in [1.29, 1.82) is 0 Å². The van der Waals surface area contributed by atoms with E-state index in [1.165, 1.54) is 6.20 Å². The number of anilines is 1. The van der Waals surface area contributed by atoms with Crippen LogP contribution in [-0.2, 0) is 0 Å². The van der Waals surface area contributed by atoms with E-state index >= 15 is 0 Å². The van der Waals surface area contributed by atoms with Crippen molar-refractivity contribution in [3.8, 4) is 0 Å². The van der Waals surface area contributed by atoms with Gasteiger partial charge >= 0.3 is 0 Å². The number of nitrogens with one attached hydrogen (secondary N) is 1. The summed E-state index contributed by atoms with van der Waals surface area (Å²) in [5, 5.41) is 9.76. The van der Waals surface area contributed by atoms with Gasteiger partial charge in [-0.25, -0.2) is 10.8 Å². The standard InChI is InChI=1S/C12H20N4O2/c1-4-16(8-12(2,3)18)11(17)9-5-6-10(15-13)14-7-9/h5-7,18H,4,8,13H2,1-3H3,(H,14,15). The van der Waals surface area contributed by atoms with Gasteiger partial charge in [-0.1, -0.05) is 0 Å². The number of amides is 1. The minimum Gasteiger partial charge on any atom is -0.389 e. The molecule has 0 atom stereocenters. The molecule has 1 amide bonds. The molecule has 0 radical (unpaired) electrons. The molecule has 0 saturated heterocycles. The summed E-state index contributed by atoms with van der Waals surface area (Å²) < 4.78 is 0. The van der Waals surface area contributed by atoms with Gasteiger partial charge in [0, 0.05) is 19.3 Å². The maximum Gasteiger partial charge on any atom is 0.255 e. The quantitative estimate of drug-likeness (QED) is 0.527. The molecule has 6 nitrogen and oxygen atoms in total. The van der Waals surface area contributed by atoms with Crippen molar-refractivity contribution in [2.45, 2.75) is 26.4 Å². The van der Waals surface area contributed by atoms with Gasteiger partial charge in [0.25, 0.3) is 5.91 Å². The van der Waals surface area contributed by atoms with Crippen LogP contribution in [0.4, 0.5) is 5.82 Å². The zero-order chi connectivity index (χ0) is 13.8. The van der Waals surface area contributed by atoms with Crippen LogP contribution >= 0.6 is 0 Å². The molecule has 0 aliphatic carbocycles. The molecule has 0 spiro atoms. The molecule has 0 unspecified atom stereocenters. The second-order valence-corrected chi connectivity index (χ2v) is 4.71. The molecule has 1 aromatic rings. The maximum atomic E-state index is 12.2. The predicted octanol–water partition coefficient (Wildman–Crippen LogP) is 0.600. The summed E-state index contributed by atoms with van der Waals surface area (Å²) in [7, 11) is 0. The average Bonchev–Trinajstić information content (AvgIpc) is 2.34. The topological polar surface area (TPSA) is 91.5 Å². The number of pyridine rings is 1. The monoisotopic (exact) mass is 252 g/mol. The third-order valence-corrected chi connectivity index (χ3v) is 2.41. The van der Waals surface area contributed by atoms with E-state index in [2.05, 4.69) is 10.4 Å². The van der Waals surface area contributed by atoms with Gasteiger partial charge in [0.2, 0.25) is 0 Å². The third-order valence-electron chi connectivity index (χ3n) is 2.41. The molecule has 1 rings (SSSR count). The molecule has 100 valence electrons. The Balaban J connectivity index is 2.82. The van der Waals surface area contributed by atoms with Gasteiger partial charge in [-0.2, -0.15) is 0 Å². The van der Waals surface area contributed by atoms with E-state index in [1.54, 1.807) is 30.9 Å². The molecule has 4 N–H and O–H groups in total. The van der Waals surface area contributed by atoms with Crippen LogP contribution in [0.3, 0.4) is 0 Å². The Morgan fingerprint density at radius 1 is 1.56 bits per heavy atom. The number of aromatic nitrogens is 1. The lowest BCUT2D eigenvalue weighted by atomic mass is 10.1. The predicted molar refractivity (Wildman–Crippen MR) is 69.9 cm³/mol. The first-order valence-corrected chi connectivity index (χ1v) is 5.81. The van der Waals surface area contributed by atoms with Gasteiger partial charge in [0.05, 0.1) is 11.2 Å². The number of nitrogens with zero attached hydrogens (tertiary/aromatic N) is 2. The second kappa shape index (κ2) is 5.79. The van der Waals surface area contributed by atoms with Crippen LogP contribution in [0.1, 0.15) is 31.1 Å². The smallest absolute Gasteiger partial charge is 0.255 e. The van der Waals surface area contributed by atoms with E-state index in [-0.39, 0.29) is 12.5 Å². The molecule has 0 bridgehead atoms. The summed E-state index contributed by atoms with van der Waals surface area (Å²) in [5.41, 5.74) is 1.95. The number of rotatable bonds is 5. The normalized spacial score (nSPS) is 11.2. The molecule has 0 saturated carbocycles. The SMILES string of the molecule is CCN(CC(C)(C)O)C(=O)c1ccc(NN)nc1. The van der Waals surface area contributed by atoms with E-state index < -0.39 is 5.60 Å². The van der Waals surface area contributed by atoms with Crippen molar-refractivity contribution in [2.75, 3.05) is 18.5 Å². The van der Waals surface area contributed by atoms with Crippen molar-refractivity contribution in [2.24, 2.45) is 5.84 Å². The van der Waals surface area contributed by atoms with E-state index in [9.17, 15) is 9.90 Å². The minimum absolute atomic E-state index is 0.157. The van der Waals surface area contributed by atoms with Crippen LogP contribution < -0.4 is 11.3 Å². The van der Waals surface area contributed by atoms with Crippen molar-refractivity contribution in [3.63, 3.8) is 0 Å². The number of carbonyl (C=O) groups is 1. The van der Waals surface area contributed by atoms with Crippen molar-refractivity contribution in [3.05, 3.63) is 23.9 Å². The molecule has 0 aromatic carbocycles. The maximum absolute atomic E-state index is 12.2. The molecule has 1 heterocycles. The van der Waals surface area contributed by atoms with Crippen LogP contribution in [0.2, 0.25) is 0 Å². The number of aliphatic hydroxyl groups is 1. The number of hydrazine groups is 1. The Kier molecular flexibility index (Phi) is 4.63. The van der Waals surface area contributed by atoms with E-state index in [1.807, 2.05) is 6.92 Å². The van der Waals surface area contributed by atoms with Gasteiger partial charge in [0.15, 0.2) is 0 Å². The van der Waals surface area contributed by atoms with Crippen LogP contribution in [-0.4, -0.2) is 39.6 Å². The van der Waals surface area contributed by atoms with Gasteiger partial charge in [-0.15, -0.1) is 0 Å². The van der Waals surface area contributed by atoms with E-state index in [0.29, 0.717) is 17.9 Å². The number of carbonyl (C=O) groups excluding carboxylic acids is 1. The van der Waals surface area contributed by atoms with E-state index in [4.69, 9.17) is 5.84 Å². The molecule has 18 heavy (non-hydrogen) atoms. The highest BCUT2D eigenvalue weighted by Gasteiger charge is 2.22. The number of hydrogen-bond acceptors (Lipinski definition) is 5. The van der Waals surface area contributed by atoms with Crippen LogP contribution in [0.5, 0.6) is 0 Å². The lowest BCUT2D eigenvalue weighted by molar-refractivity contribution is 0.0314. The summed E-state index contributed by atoms with van der Waals surface area (Å²) >= 11 is 0.